The van der Waals surface area contributed by atoms with Crippen LogP contribution in [-0.2, 0) is 0 Å². The maximum atomic E-state index is 12.0. The largest absolute Gasteiger partial charge is 0.405 e. The van der Waals surface area contributed by atoms with E-state index in [0.717, 1.165) is 0 Å². The molecular formula is C15H11ClF3N3O2. The van der Waals surface area contributed by atoms with Gasteiger partial charge in [0.2, 0.25) is 0 Å². The molecule has 2 aromatic rings. The lowest BCUT2D eigenvalue weighted by Gasteiger charge is -2.09. The van der Waals surface area contributed by atoms with Gasteiger partial charge in [-0.25, -0.2) is 4.98 Å². The minimum absolute atomic E-state index is 0.0467. The highest BCUT2D eigenvalue weighted by atomic mass is 35.5. The zero-order valence-corrected chi connectivity index (χ0v) is 12.8. The summed E-state index contributed by atoms with van der Waals surface area (Å²) >= 11 is 5.63. The lowest BCUT2D eigenvalue weighted by Crippen LogP contribution is -2.33. The number of benzene rings is 1. The SMILES string of the molecule is O=C(NCC(F)(F)F)c1ccc(NC(=O)c2ccc(Cl)nc2)cc1. The minimum Gasteiger partial charge on any atom is -0.343 e. The normalized spacial score (nSPS) is 11.0. The Labute approximate surface area is 139 Å². The number of halogens is 4. The molecular weight excluding hydrogens is 347 g/mol. The molecule has 2 rings (SSSR count). The Balaban J connectivity index is 1.97. The summed E-state index contributed by atoms with van der Waals surface area (Å²) in [4.78, 5) is 27.3. The van der Waals surface area contributed by atoms with Gasteiger partial charge in [-0.05, 0) is 36.4 Å². The second-order valence-corrected chi connectivity index (χ2v) is 5.09. The standard InChI is InChI=1S/C15H11ClF3N3O2/c16-12-6-3-10(7-20-12)14(24)22-11-4-1-9(2-5-11)13(23)21-8-15(17,18)19/h1-7H,8H2,(H,21,23)(H,22,24). The smallest absolute Gasteiger partial charge is 0.343 e. The third-order valence-electron chi connectivity index (χ3n) is 2.84. The van der Waals surface area contributed by atoms with Gasteiger partial charge in [-0.1, -0.05) is 11.6 Å². The monoisotopic (exact) mass is 357 g/mol. The van der Waals surface area contributed by atoms with E-state index in [1.54, 1.807) is 5.32 Å². The molecule has 0 radical (unpaired) electrons. The summed E-state index contributed by atoms with van der Waals surface area (Å²) < 4.78 is 36.1. The molecule has 1 aromatic heterocycles. The topological polar surface area (TPSA) is 71.1 Å². The predicted octanol–water partition coefficient (Wildman–Crippen LogP) is 3.28. The van der Waals surface area contributed by atoms with Crippen molar-refractivity contribution in [3.63, 3.8) is 0 Å². The molecule has 2 amide bonds. The van der Waals surface area contributed by atoms with Crippen LogP contribution in [0.1, 0.15) is 20.7 Å². The Morgan fingerprint density at radius 1 is 1.00 bits per heavy atom. The Hall–Kier alpha value is -2.61. The van der Waals surface area contributed by atoms with Gasteiger partial charge in [-0.3, -0.25) is 9.59 Å². The maximum absolute atomic E-state index is 12.0. The molecule has 0 fully saturated rings. The Kier molecular flexibility index (Phi) is 5.40. The number of anilines is 1. The predicted molar refractivity (Wildman–Crippen MR) is 82.0 cm³/mol. The summed E-state index contributed by atoms with van der Waals surface area (Å²) in [5, 5.41) is 4.58. The molecule has 0 unspecified atom stereocenters. The van der Waals surface area contributed by atoms with Crippen LogP contribution in [0.4, 0.5) is 18.9 Å². The van der Waals surface area contributed by atoms with E-state index in [2.05, 4.69) is 10.3 Å². The van der Waals surface area contributed by atoms with Crippen LogP contribution in [0.5, 0.6) is 0 Å². The van der Waals surface area contributed by atoms with Crippen molar-refractivity contribution in [2.45, 2.75) is 6.18 Å². The van der Waals surface area contributed by atoms with Crippen LogP contribution in [-0.4, -0.2) is 29.5 Å². The molecule has 5 nitrogen and oxygen atoms in total. The lowest BCUT2D eigenvalue weighted by molar-refractivity contribution is -0.123. The molecule has 0 atom stereocenters. The first-order chi connectivity index (χ1) is 11.2. The Morgan fingerprint density at radius 3 is 2.17 bits per heavy atom. The van der Waals surface area contributed by atoms with Gasteiger partial charge < -0.3 is 10.6 Å². The molecule has 0 aliphatic carbocycles. The summed E-state index contributed by atoms with van der Waals surface area (Å²) in [6.07, 6.45) is -3.17. The number of hydrogen-bond donors (Lipinski definition) is 2. The summed E-state index contributed by atoms with van der Waals surface area (Å²) in [5.74, 6) is -1.29. The second kappa shape index (κ2) is 7.31. The van der Waals surface area contributed by atoms with Crippen molar-refractivity contribution in [2.75, 3.05) is 11.9 Å². The first-order valence-corrected chi connectivity index (χ1v) is 7.00. The fourth-order valence-electron chi connectivity index (χ4n) is 1.70. The van der Waals surface area contributed by atoms with E-state index in [0.29, 0.717) is 5.69 Å². The molecule has 126 valence electrons. The molecule has 0 spiro atoms. The highest BCUT2D eigenvalue weighted by molar-refractivity contribution is 6.29. The van der Waals surface area contributed by atoms with Crippen molar-refractivity contribution in [2.24, 2.45) is 0 Å². The number of hydrogen-bond acceptors (Lipinski definition) is 3. The summed E-state index contributed by atoms with van der Waals surface area (Å²) in [6.45, 7) is -1.41. The van der Waals surface area contributed by atoms with Crippen molar-refractivity contribution in [1.82, 2.24) is 10.3 Å². The third-order valence-corrected chi connectivity index (χ3v) is 3.07. The average Bonchev–Trinajstić information content (AvgIpc) is 2.53. The van der Waals surface area contributed by atoms with Crippen LogP contribution in [0, 0.1) is 0 Å². The second-order valence-electron chi connectivity index (χ2n) is 4.70. The number of nitrogens with one attached hydrogen (secondary N) is 2. The van der Waals surface area contributed by atoms with Crippen LogP contribution in [0.2, 0.25) is 5.15 Å². The van der Waals surface area contributed by atoms with E-state index in [9.17, 15) is 22.8 Å². The highest BCUT2D eigenvalue weighted by Crippen LogP contribution is 2.14. The minimum atomic E-state index is -4.48. The molecule has 0 aliphatic rings. The first kappa shape index (κ1) is 17.7. The van der Waals surface area contributed by atoms with E-state index in [1.165, 1.54) is 42.6 Å². The van der Waals surface area contributed by atoms with Crippen LogP contribution in [0.25, 0.3) is 0 Å². The van der Waals surface area contributed by atoms with Crippen molar-refractivity contribution < 1.29 is 22.8 Å². The molecule has 1 aromatic carbocycles. The third kappa shape index (κ3) is 5.24. The maximum Gasteiger partial charge on any atom is 0.405 e. The number of amides is 2. The number of aromatic nitrogens is 1. The number of carbonyl (C=O) groups excluding carboxylic acids is 2. The number of pyridine rings is 1. The number of alkyl halides is 3. The van der Waals surface area contributed by atoms with E-state index in [1.807, 2.05) is 0 Å². The van der Waals surface area contributed by atoms with Crippen molar-refractivity contribution in [3.8, 4) is 0 Å². The van der Waals surface area contributed by atoms with Gasteiger partial charge in [-0.15, -0.1) is 0 Å². The molecule has 0 aliphatic heterocycles. The molecule has 0 bridgehead atoms. The van der Waals surface area contributed by atoms with E-state index in [-0.39, 0.29) is 16.3 Å². The van der Waals surface area contributed by atoms with Crippen LogP contribution < -0.4 is 10.6 Å². The molecule has 24 heavy (non-hydrogen) atoms. The number of nitrogens with zero attached hydrogens (tertiary/aromatic N) is 1. The summed E-state index contributed by atoms with van der Waals surface area (Å²) in [6, 6.07) is 8.38. The number of rotatable bonds is 4. The zero-order chi connectivity index (χ0) is 17.7. The van der Waals surface area contributed by atoms with Crippen molar-refractivity contribution in [3.05, 3.63) is 58.9 Å². The van der Waals surface area contributed by atoms with Crippen molar-refractivity contribution >= 4 is 29.1 Å². The van der Waals surface area contributed by atoms with Gasteiger partial charge in [0.1, 0.15) is 11.7 Å². The quantitative estimate of drug-likeness (QED) is 0.825. The average molecular weight is 358 g/mol. The lowest BCUT2D eigenvalue weighted by atomic mass is 10.2. The van der Waals surface area contributed by atoms with Gasteiger partial charge in [0.15, 0.2) is 0 Å². The van der Waals surface area contributed by atoms with Crippen LogP contribution in [0.15, 0.2) is 42.6 Å². The van der Waals surface area contributed by atoms with Gasteiger partial charge in [0.05, 0.1) is 5.56 Å². The van der Waals surface area contributed by atoms with Gasteiger partial charge in [0.25, 0.3) is 11.8 Å². The van der Waals surface area contributed by atoms with E-state index < -0.39 is 24.5 Å². The summed E-state index contributed by atoms with van der Waals surface area (Å²) in [5.41, 5.74) is 0.708. The molecule has 0 saturated carbocycles. The molecule has 1 heterocycles. The van der Waals surface area contributed by atoms with E-state index >= 15 is 0 Å². The fourth-order valence-corrected chi connectivity index (χ4v) is 1.81. The van der Waals surface area contributed by atoms with Crippen LogP contribution >= 0.6 is 11.6 Å². The van der Waals surface area contributed by atoms with Gasteiger partial charge >= 0.3 is 6.18 Å². The van der Waals surface area contributed by atoms with Crippen LogP contribution in [0.3, 0.4) is 0 Å². The molecule has 9 heteroatoms. The van der Waals surface area contributed by atoms with E-state index in [4.69, 9.17) is 11.6 Å². The fraction of sp³-hybridized carbons (Fsp3) is 0.133. The van der Waals surface area contributed by atoms with Gasteiger partial charge in [-0.2, -0.15) is 13.2 Å². The summed E-state index contributed by atoms with van der Waals surface area (Å²) in [7, 11) is 0. The molecule has 2 N–H and O–H groups in total. The van der Waals surface area contributed by atoms with Crippen molar-refractivity contribution in [1.29, 1.82) is 0 Å². The highest BCUT2D eigenvalue weighted by Gasteiger charge is 2.27. The Bertz CT molecular complexity index is 731. The van der Waals surface area contributed by atoms with Gasteiger partial charge in [0, 0.05) is 17.4 Å². The first-order valence-electron chi connectivity index (χ1n) is 6.62. The molecule has 0 saturated heterocycles. The Morgan fingerprint density at radius 2 is 1.62 bits per heavy atom. The number of carbonyl (C=O) groups is 2. The zero-order valence-electron chi connectivity index (χ0n) is 12.0.